The van der Waals surface area contributed by atoms with Crippen molar-refractivity contribution in [1.29, 1.82) is 0 Å². The smallest absolute Gasteiger partial charge is 0.339 e. The molecule has 0 bridgehead atoms. The molecule has 1 aromatic carbocycles. The van der Waals surface area contributed by atoms with Crippen molar-refractivity contribution in [2.45, 2.75) is 13.8 Å². The zero-order valence-electron chi connectivity index (χ0n) is 9.55. The van der Waals surface area contributed by atoms with Gasteiger partial charge in [0.1, 0.15) is 11.3 Å². The summed E-state index contributed by atoms with van der Waals surface area (Å²) in [5.41, 5.74) is 0.274. The number of halogens is 1. The van der Waals surface area contributed by atoms with Crippen LogP contribution in [0.3, 0.4) is 0 Å². The van der Waals surface area contributed by atoms with E-state index in [-0.39, 0.29) is 28.2 Å². The Morgan fingerprint density at radius 1 is 1.12 bits per heavy atom. The number of rotatable bonds is 3. The zero-order chi connectivity index (χ0) is 12.5. The van der Waals surface area contributed by atoms with Crippen molar-refractivity contribution in [3.05, 3.63) is 22.5 Å². The van der Waals surface area contributed by atoms with Crippen molar-refractivity contribution in [3.8, 4) is 11.5 Å². The van der Waals surface area contributed by atoms with Crippen molar-refractivity contribution >= 4 is 5.97 Å². The van der Waals surface area contributed by atoms with E-state index in [0.717, 1.165) is 0 Å². The average Bonchev–Trinajstić information content (AvgIpc) is 2.23. The molecule has 0 radical (unpaired) electrons. The largest absolute Gasteiger partial charge is 0.495 e. The van der Waals surface area contributed by atoms with Gasteiger partial charge in [-0.25, -0.2) is 9.18 Å². The zero-order valence-corrected chi connectivity index (χ0v) is 9.55. The molecule has 0 aromatic heterocycles. The Labute approximate surface area is 92.6 Å². The van der Waals surface area contributed by atoms with Gasteiger partial charge >= 0.3 is 5.97 Å². The highest BCUT2D eigenvalue weighted by Gasteiger charge is 2.24. The number of hydrogen-bond acceptors (Lipinski definition) is 3. The predicted molar refractivity (Wildman–Crippen MR) is 55.9 cm³/mol. The molecule has 1 aromatic rings. The summed E-state index contributed by atoms with van der Waals surface area (Å²) in [6.07, 6.45) is 0. The van der Waals surface area contributed by atoms with Crippen LogP contribution in [0.15, 0.2) is 0 Å². The van der Waals surface area contributed by atoms with Crippen LogP contribution in [-0.2, 0) is 0 Å². The second-order valence-electron chi connectivity index (χ2n) is 3.31. The molecule has 1 rings (SSSR count). The number of carboxylic acids is 1. The molecular formula is C11H13FO4. The van der Waals surface area contributed by atoms with E-state index < -0.39 is 11.8 Å². The highest BCUT2D eigenvalue weighted by atomic mass is 19.1. The molecule has 0 unspecified atom stereocenters. The third-order valence-corrected chi connectivity index (χ3v) is 2.43. The topological polar surface area (TPSA) is 55.8 Å². The molecule has 0 saturated heterocycles. The van der Waals surface area contributed by atoms with Crippen LogP contribution in [0.1, 0.15) is 21.5 Å². The number of hydrogen-bond donors (Lipinski definition) is 1. The fourth-order valence-corrected chi connectivity index (χ4v) is 1.66. The summed E-state index contributed by atoms with van der Waals surface area (Å²) >= 11 is 0. The van der Waals surface area contributed by atoms with Crippen LogP contribution in [0.4, 0.5) is 4.39 Å². The van der Waals surface area contributed by atoms with Gasteiger partial charge < -0.3 is 14.6 Å². The maximum atomic E-state index is 13.8. The van der Waals surface area contributed by atoms with Gasteiger partial charge in [-0.3, -0.25) is 0 Å². The van der Waals surface area contributed by atoms with Gasteiger partial charge in [0, 0.05) is 11.1 Å². The minimum absolute atomic E-state index is 0.0308. The highest BCUT2D eigenvalue weighted by Crippen LogP contribution is 2.36. The standard InChI is InChI=1S/C11H13FO4/c1-5-7(11(13)14)9(15-3)6(2)8(12)10(5)16-4/h1-4H3,(H,13,14). The van der Waals surface area contributed by atoms with Crippen molar-refractivity contribution in [1.82, 2.24) is 0 Å². The molecule has 0 heterocycles. The van der Waals surface area contributed by atoms with Crippen LogP contribution in [0.5, 0.6) is 11.5 Å². The van der Waals surface area contributed by atoms with Crippen molar-refractivity contribution in [2.75, 3.05) is 14.2 Å². The minimum atomic E-state index is -1.17. The number of aromatic carboxylic acids is 1. The lowest BCUT2D eigenvalue weighted by atomic mass is 10.0. The minimum Gasteiger partial charge on any atom is -0.495 e. The van der Waals surface area contributed by atoms with Gasteiger partial charge in [-0.1, -0.05) is 0 Å². The molecule has 0 aliphatic carbocycles. The van der Waals surface area contributed by atoms with Crippen LogP contribution < -0.4 is 9.47 Å². The molecular weight excluding hydrogens is 215 g/mol. The SMILES string of the molecule is COc1c(C)c(C(=O)O)c(OC)c(C)c1F. The quantitative estimate of drug-likeness (QED) is 0.861. The number of benzene rings is 1. The van der Waals surface area contributed by atoms with Gasteiger partial charge in [0.2, 0.25) is 0 Å². The Morgan fingerprint density at radius 3 is 2.00 bits per heavy atom. The van der Waals surface area contributed by atoms with Crippen LogP contribution in [0.2, 0.25) is 0 Å². The fraction of sp³-hybridized carbons (Fsp3) is 0.364. The normalized spacial score (nSPS) is 10.1. The van der Waals surface area contributed by atoms with Crippen LogP contribution >= 0.6 is 0 Å². The van der Waals surface area contributed by atoms with E-state index in [4.69, 9.17) is 14.6 Å². The number of methoxy groups -OCH3 is 2. The molecule has 1 N–H and O–H groups in total. The lowest BCUT2D eigenvalue weighted by Crippen LogP contribution is -2.09. The van der Waals surface area contributed by atoms with Gasteiger partial charge in [0.25, 0.3) is 0 Å². The third kappa shape index (κ3) is 1.68. The first-order valence-electron chi connectivity index (χ1n) is 4.59. The predicted octanol–water partition coefficient (Wildman–Crippen LogP) is 2.16. The van der Waals surface area contributed by atoms with Gasteiger partial charge in [0.05, 0.1) is 14.2 Å². The van der Waals surface area contributed by atoms with E-state index in [1.807, 2.05) is 0 Å². The van der Waals surface area contributed by atoms with Gasteiger partial charge in [-0.2, -0.15) is 0 Å². The molecule has 0 spiro atoms. The fourth-order valence-electron chi connectivity index (χ4n) is 1.66. The molecule has 0 saturated carbocycles. The van der Waals surface area contributed by atoms with Gasteiger partial charge in [-0.05, 0) is 13.8 Å². The summed E-state index contributed by atoms with van der Waals surface area (Å²) in [5, 5.41) is 9.05. The summed E-state index contributed by atoms with van der Waals surface area (Å²) in [7, 11) is 2.60. The highest BCUT2D eigenvalue weighted by molar-refractivity contribution is 5.94. The molecule has 4 nitrogen and oxygen atoms in total. The summed E-state index contributed by atoms with van der Waals surface area (Å²) in [4.78, 5) is 11.1. The van der Waals surface area contributed by atoms with Crippen molar-refractivity contribution in [2.24, 2.45) is 0 Å². The number of carboxylic acid groups (broad SMARTS) is 1. The first-order chi connectivity index (χ1) is 7.45. The Hall–Kier alpha value is -1.78. The Bertz CT molecular complexity index is 440. The summed E-state index contributed by atoms with van der Waals surface area (Å²) in [5.74, 6) is -1.79. The lowest BCUT2D eigenvalue weighted by Gasteiger charge is -2.15. The first-order valence-corrected chi connectivity index (χ1v) is 4.59. The Balaban J connectivity index is 3.71. The first kappa shape index (κ1) is 12.3. The van der Waals surface area contributed by atoms with E-state index >= 15 is 0 Å². The third-order valence-electron chi connectivity index (χ3n) is 2.43. The van der Waals surface area contributed by atoms with Crippen molar-refractivity contribution < 1.29 is 23.8 Å². The second-order valence-corrected chi connectivity index (χ2v) is 3.31. The van der Waals surface area contributed by atoms with Crippen LogP contribution in [-0.4, -0.2) is 25.3 Å². The van der Waals surface area contributed by atoms with E-state index in [2.05, 4.69) is 0 Å². The van der Waals surface area contributed by atoms with Gasteiger partial charge in [0.15, 0.2) is 11.6 Å². The average molecular weight is 228 g/mol. The number of carbonyl (C=O) groups is 1. The van der Waals surface area contributed by atoms with E-state index in [9.17, 15) is 9.18 Å². The monoisotopic (exact) mass is 228 g/mol. The van der Waals surface area contributed by atoms with E-state index in [0.29, 0.717) is 0 Å². The molecule has 0 aliphatic heterocycles. The molecule has 0 amide bonds. The molecule has 16 heavy (non-hydrogen) atoms. The summed E-state index contributed by atoms with van der Waals surface area (Å²) in [6, 6.07) is 0. The number of ether oxygens (including phenoxy) is 2. The van der Waals surface area contributed by atoms with Crippen molar-refractivity contribution in [3.63, 3.8) is 0 Å². The Kier molecular flexibility index (Phi) is 3.37. The summed E-state index contributed by atoms with van der Waals surface area (Å²) < 4.78 is 23.5. The molecule has 5 heteroatoms. The molecule has 0 aliphatic rings. The maximum Gasteiger partial charge on any atom is 0.339 e. The maximum absolute atomic E-state index is 13.8. The lowest BCUT2D eigenvalue weighted by molar-refractivity contribution is 0.0691. The molecule has 88 valence electrons. The molecule has 0 fully saturated rings. The van der Waals surface area contributed by atoms with Crippen LogP contribution in [0, 0.1) is 19.7 Å². The molecule has 0 atom stereocenters. The second kappa shape index (κ2) is 4.38. The Morgan fingerprint density at radius 2 is 1.62 bits per heavy atom. The van der Waals surface area contributed by atoms with Crippen LogP contribution in [0.25, 0.3) is 0 Å². The van der Waals surface area contributed by atoms with Gasteiger partial charge in [-0.15, -0.1) is 0 Å². The van der Waals surface area contributed by atoms with E-state index in [1.165, 1.54) is 28.1 Å². The summed E-state index contributed by atoms with van der Waals surface area (Å²) in [6.45, 7) is 2.93. The van der Waals surface area contributed by atoms with E-state index in [1.54, 1.807) is 0 Å².